The zero-order valence-corrected chi connectivity index (χ0v) is 21.1. The normalized spacial score (nSPS) is 14.9. The number of furan rings is 1. The molecule has 1 aliphatic rings. The first kappa shape index (κ1) is 24.8. The van der Waals surface area contributed by atoms with E-state index in [4.69, 9.17) is 18.6 Å². The van der Waals surface area contributed by atoms with E-state index in [1.165, 1.54) is 11.3 Å². The molecule has 186 valence electrons. The zero-order chi connectivity index (χ0) is 25.1. The van der Waals surface area contributed by atoms with Crippen LogP contribution in [-0.2, 0) is 27.1 Å². The third kappa shape index (κ3) is 5.19. The van der Waals surface area contributed by atoms with Crippen LogP contribution in [0, 0.1) is 12.8 Å². The highest BCUT2D eigenvalue weighted by atomic mass is 32.1. The first-order chi connectivity index (χ1) is 16.8. The van der Waals surface area contributed by atoms with E-state index in [9.17, 15) is 14.4 Å². The summed E-state index contributed by atoms with van der Waals surface area (Å²) in [6, 6.07) is 5.30. The summed E-state index contributed by atoms with van der Waals surface area (Å²) in [5.41, 5.74) is 2.50. The van der Waals surface area contributed by atoms with E-state index in [0.29, 0.717) is 40.0 Å². The number of anilines is 1. The number of hydrogen-bond donors (Lipinski definition) is 1. The third-order valence-electron chi connectivity index (χ3n) is 5.98. The van der Waals surface area contributed by atoms with Gasteiger partial charge in [-0.15, -0.1) is 11.3 Å². The van der Waals surface area contributed by atoms with E-state index in [0.717, 1.165) is 35.1 Å². The maximum Gasteiger partial charge on any atom is 0.375 e. The summed E-state index contributed by atoms with van der Waals surface area (Å²) < 4.78 is 21.6. The minimum absolute atomic E-state index is 0.0363. The lowest BCUT2D eigenvalue weighted by Gasteiger charge is -2.18. The summed E-state index contributed by atoms with van der Waals surface area (Å²) >= 11 is 1.39. The van der Waals surface area contributed by atoms with Crippen LogP contribution in [0.4, 0.5) is 5.00 Å². The monoisotopic (exact) mass is 499 g/mol. The average molecular weight is 500 g/mol. The number of benzene rings is 1. The Morgan fingerprint density at radius 2 is 1.94 bits per heavy atom. The Morgan fingerprint density at radius 3 is 2.69 bits per heavy atom. The fraction of sp³-hybridized carbons (Fsp3) is 0.423. The molecule has 35 heavy (non-hydrogen) atoms. The molecule has 0 fully saturated rings. The van der Waals surface area contributed by atoms with Gasteiger partial charge in [0.1, 0.15) is 16.3 Å². The van der Waals surface area contributed by atoms with Crippen molar-refractivity contribution >= 4 is 45.2 Å². The second kappa shape index (κ2) is 10.5. The molecule has 4 rings (SSSR count). The van der Waals surface area contributed by atoms with Crippen LogP contribution in [0.3, 0.4) is 0 Å². The molecule has 1 aromatic carbocycles. The van der Waals surface area contributed by atoms with Crippen LogP contribution in [0.2, 0.25) is 0 Å². The predicted octanol–water partition coefficient (Wildman–Crippen LogP) is 5.30. The molecule has 2 heterocycles. The largest absolute Gasteiger partial charge is 0.494 e. The van der Waals surface area contributed by atoms with Gasteiger partial charge in [-0.2, -0.15) is 0 Å². The van der Waals surface area contributed by atoms with Crippen LogP contribution >= 0.6 is 11.3 Å². The van der Waals surface area contributed by atoms with Crippen molar-refractivity contribution in [2.24, 2.45) is 5.92 Å². The highest BCUT2D eigenvalue weighted by Crippen LogP contribution is 2.40. The van der Waals surface area contributed by atoms with Crippen molar-refractivity contribution in [2.75, 3.05) is 25.1 Å². The summed E-state index contributed by atoms with van der Waals surface area (Å²) in [6.45, 7) is 7.81. The molecule has 1 amide bonds. The molecule has 1 unspecified atom stereocenters. The predicted molar refractivity (Wildman–Crippen MR) is 132 cm³/mol. The minimum Gasteiger partial charge on any atom is -0.494 e. The number of rotatable bonds is 8. The molecule has 9 heteroatoms. The highest BCUT2D eigenvalue weighted by Gasteiger charge is 2.29. The van der Waals surface area contributed by atoms with Gasteiger partial charge in [0, 0.05) is 15.8 Å². The number of aryl methyl sites for hydroxylation is 1. The summed E-state index contributed by atoms with van der Waals surface area (Å²) in [4.78, 5) is 39.0. The molecule has 8 nitrogen and oxygen atoms in total. The van der Waals surface area contributed by atoms with Gasteiger partial charge in [0.15, 0.2) is 6.61 Å². The minimum atomic E-state index is -0.739. The highest BCUT2D eigenvalue weighted by molar-refractivity contribution is 7.17. The van der Waals surface area contributed by atoms with Crippen LogP contribution in [-0.4, -0.2) is 37.7 Å². The molecule has 2 aromatic heterocycles. The lowest BCUT2D eigenvalue weighted by molar-refractivity contribution is -0.119. The molecule has 0 bridgehead atoms. The Labute approximate surface area is 207 Å². The van der Waals surface area contributed by atoms with Crippen LogP contribution in [0.1, 0.15) is 64.1 Å². The standard InChI is InChI=1S/C26H29NO7S/c1-5-31-16-8-10-19-18(12-16)15(4)23(34-19)26(30)33-13-21(28)27-24-22(25(29)32-6-2)17-9-7-14(3)11-20(17)35-24/h8,10,12,14H,5-7,9,11,13H2,1-4H3,(H,27,28). The van der Waals surface area contributed by atoms with Gasteiger partial charge in [0.05, 0.1) is 18.8 Å². The molecule has 0 aliphatic heterocycles. The number of amides is 1. The van der Waals surface area contributed by atoms with Gasteiger partial charge in [-0.25, -0.2) is 9.59 Å². The average Bonchev–Trinajstić information content (AvgIpc) is 3.34. The van der Waals surface area contributed by atoms with E-state index in [-0.39, 0.29) is 12.4 Å². The van der Waals surface area contributed by atoms with Gasteiger partial charge < -0.3 is 23.9 Å². The molecule has 0 radical (unpaired) electrons. The fourth-order valence-electron chi connectivity index (χ4n) is 4.27. The number of nitrogens with one attached hydrogen (secondary N) is 1. The van der Waals surface area contributed by atoms with Crippen LogP contribution in [0.5, 0.6) is 5.75 Å². The summed E-state index contributed by atoms with van der Waals surface area (Å²) in [5.74, 6) is -0.504. The maximum absolute atomic E-state index is 12.7. The fourth-order valence-corrected chi connectivity index (χ4v) is 5.68. The van der Waals surface area contributed by atoms with E-state index in [1.54, 1.807) is 32.0 Å². The van der Waals surface area contributed by atoms with E-state index >= 15 is 0 Å². The number of esters is 2. The molecule has 0 saturated carbocycles. The van der Waals surface area contributed by atoms with Crippen LogP contribution in [0.25, 0.3) is 11.0 Å². The lowest BCUT2D eigenvalue weighted by atomic mass is 9.88. The van der Waals surface area contributed by atoms with E-state index in [2.05, 4.69) is 12.2 Å². The van der Waals surface area contributed by atoms with Gasteiger partial charge in [0.25, 0.3) is 5.91 Å². The molecule has 0 spiro atoms. The van der Waals surface area contributed by atoms with Gasteiger partial charge in [-0.3, -0.25) is 4.79 Å². The molecular formula is C26H29NO7S. The molecule has 1 aliphatic carbocycles. The number of hydrogen-bond acceptors (Lipinski definition) is 8. The van der Waals surface area contributed by atoms with Crippen molar-refractivity contribution < 1.29 is 33.0 Å². The molecule has 1 N–H and O–H groups in total. The van der Waals surface area contributed by atoms with Gasteiger partial charge in [-0.1, -0.05) is 6.92 Å². The van der Waals surface area contributed by atoms with Crippen molar-refractivity contribution in [3.05, 3.63) is 45.5 Å². The number of fused-ring (bicyclic) bond motifs is 2. The third-order valence-corrected chi connectivity index (χ3v) is 7.15. The summed E-state index contributed by atoms with van der Waals surface area (Å²) in [6.07, 6.45) is 2.60. The SMILES string of the molecule is CCOC(=O)c1c(NC(=O)COC(=O)c2oc3ccc(OCC)cc3c2C)sc2c1CCC(C)C2. The first-order valence-electron chi connectivity index (χ1n) is 11.8. The van der Waals surface area contributed by atoms with Crippen molar-refractivity contribution in [1.29, 1.82) is 0 Å². The van der Waals surface area contributed by atoms with Crippen LogP contribution < -0.4 is 10.1 Å². The smallest absolute Gasteiger partial charge is 0.375 e. The molecular weight excluding hydrogens is 470 g/mol. The number of ether oxygens (including phenoxy) is 3. The topological polar surface area (TPSA) is 104 Å². The summed E-state index contributed by atoms with van der Waals surface area (Å²) in [7, 11) is 0. The Bertz CT molecular complexity index is 1270. The van der Waals surface area contributed by atoms with Crippen molar-refractivity contribution in [3.8, 4) is 5.75 Å². The number of carbonyl (C=O) groups is 3. The Morgan fingerprint density at radius 1 is 1.14 bits per heavy atom. The van der Waals surface area contributed by atoms with Crippen molar-refractivity contribution in [1.82, 2.24) is 0 Å². The summed E-state index contributed by atoms with van der Waals surface area (Å²) in [5, 5.41) is 3.92. The first-order valence-corrected chi connectivity index (χ1v) is 12.6. The van der Waals surface area contributed by atoms with Crippen molar-refractivity contribution in [3.63, 3.8) is 0 Å². The van der Waals surface area contributed by atoms with Crippen LogP contribution in [0.15, 0.2) is 22.6 Å². The molecule has 1 atom stereocenters. The van der Waals surface area contributed by atoms with Gasteiger partial charge >= 0.3 is 11.9 Å². The molecule has 0 saturated heterocycles. The zero-order valence-electron chi connectivity index (χ0n) is 20.3. The maximum atomic E-state index is 12.7. The van der Waals surface area contributed by atoms with E-state index in [1.807, 2.05) is 6.92 Å². The second-order valence-corrected chi connectivity index (χ2v) is 9.65. The number of carbonyl (C=O) groups excluding carboxylic acids is 3. The van der Waals surface area contributed by atoms with Gasteiger partial charge in [0.2, 0.25) is 5.76 Å². The second-order valence-electron chi connectivity index (χ2n) is 8.55. The Hall–Kier alpha value is -3.33. The Balaban J connectivity index is 1.46. The van der Waals surface area contributed by atoms with E-state index < -0.39 is 24.5 Å². The number of thiophene rings is 1. The molecule has 3 aromatic rings. The lowest BCUT2D eigenvalue weighted by Crippen LogP contribution is -2.22. The van der Waals surface area contributed by atoms with Gasteiger partial charge in [-0.05, 0) is 69.7 Å². The van der Waals surface area contributed by atoms with Crippen molar-refractivity contribution in [2.45, 2.75) is 47.0 Å². The Kier molecular flexibility index (Phi) is 7.45. The quantitative estimate of drug-likeness (QED) is 0.420.